The van der Waals surface area contributed by atoms with E-state index in [-0.39, 0.29) is 6.04 Å². The lowest BCUT2D eigenvalue weighted by Gasteiger charge is -1.93. The topological polar surface area (TPSA) is 104 Å². The third kappa shape index (κ3) is 34.4. The molecule has 6 heteroatoms. The van der Waals surface area contributed by atoms with Gasteiger partial charge in [-0.2, -0.15) is 13.7 Å². The number of nitrogens with two attached hydrogens (primary N) is 1. The highest BCUT2D eigenvalue weighted by Gasteiger charge is 1.93. The second kappa shape index (κ2) is 7.03. The van der Waals surface area contributed by atoms with Gasteiger partial charge in [0.25, 0.3) is 10.1 Å². The van der Waals surface area contributed by atoms with Gasteiger partial charge in [0, 0.05) is 0 Å². The molecule has 0 aromatic carbocycles. The first kappa shape index (κ1) is 13.9. The van der Waals surface area contributed by atoms with Gasteiger partial charge in [-0.1, -0.05) is 13.3 Å². The van der Waals surface area contributed by atoms with Crippen LogP contribution in [0.4, 0.5) is 0 Å². The summed E-state index contributed by atoms with van der Waals surface area (Å²) in [7, 11) is -3.67. The van der Waals surface area contributed by atoms with Crippen molar-refractivity contribution in [1.29, 1.82) is 5.26 Å². The average molecular weight is 194 g/mol. The minimum absolute atomic E-state index is 0.245. The van der Waals surface area contributed by atoms with Crippen molar-refractivity contribution in [2.45, 2.75) is 25.8 Å². The maximum Gasteiger partial charge on any atom is 0.261 e. The standard InChI is InChI=1S/C5H10N2.CH4O3S/c1-2-3-5(7)4-6;1-5(2,3)4/h5H,2-3,7H2,1H3;1H3,(H,2,3,4)/t5-;/m1./s1. The van der Waals surface area contributed by atoms with E-state index in [1.165, 1.54) is 0 Å². The zero-order valence-corrected chi connectivity index (χ0v) is 8.00. The Morgan fingerprint density at radius 2 is 2.00 bits per heavy atom. The zero-order chi connectivity index (χ0) is 10.2. The molecule has 0 radical (unpaired) electrons. The molecular formula is C6H14N2O3S. The SMILES string of the molecule is CCC[C@@H](N)C#N.CS(=O)(=O)O. The van der Waals surface area contributed by atoms with Crippen LogP contribution in [0.2, 0.25) is 0 Å². The molecule has 0 aromatic heterocycles. The summed E-state index contributed by atoms with van der Waals surface area (Å²) >= 11 is 0. The third-order valence-electron chi connectivity index (χ3n) is 0.766. The highest BCUT2D eigenvalue weighted by Crippen LogP contribution is 1.88. The van der Waals surface area contributed by atoms with Crippen molar-refractivity contribution < 1.29 is 13.0 Å². The highest BCUT2D eigenvalue weighted by molar-refractivity contribution is 7.85. The Labute approximate surface area is 72.9 Å². The summed E-state index contributed by atoms with van der Waals surface area (Å²) in [6, 6.07) is 1.70. The Kier molecular flexibility index (Phi) is 8.16. The summed E-state index contributed by atoms with van der Waals surface area (Å²) in [6.07, 6.45) is 2.53. The fourth-order valence-electron chi connectivity index (χ4n) is 0.376. The molecule has 0 spiro atoms. The monoisotopic (exact) mass is 194 g/mol. The van der Waals surface area contributed by atoms with E-state index in [1.807, 2.05) is 13.0 Å². The number of hydrogen-bond acceptors (Lipinski definition) is 4. The fraction of sp³-hybridized carbons (Fsp3) is 0.833. The largest absolute Gasteiger partial charge is 0.316 e. The van der Waals surface area contributed by atoms with Crippen LogP contribution in [0.3, 0.4) is 0 Å². The lowest BCUT2D eigenvalue weighted by Crippen LogP contribution is -2.15. The van der Waals surface area contributed by atoms with Crippen LogP contribution in [0, 0.1) is 11.3 Å². The molecule has 0 heterocycles. The van der Waals surface area contributed by atoms with Gasteiger partial charge in [0.2, 0.25) is 0 Å². The Morgan fingerprint density at radius 3 is 2.08 bits per heavy atom. The summed E-state index contributed by atoms with van der Waals surface area (Å²) in [5.41, 5.74) is 5.22. The average Bonchev–Trinajstić information content (AvgIpc) is 1.85. The zero-order valence-electron chi connectivity index (χ0n) is 7.19. The molecule has 12 heavy (non-hydrogen) atoms. The molecule has 3 N–H and O–H groups in total. The molecule has 0 aliphatic heterocycles. The number of nitriles is 1. The van der Waals surface area contributed by atoms with E-state index in [2.05, 4.69) is 0 Å². The van der Waals surface area contributed by atoms with Gasteiger partial charge in [0.15, 0.2) is 0 Å². The maximum atomic E-state index is 9.19. The Hall–Kier alpha value is -0.640. The molecule has 0 saturated carbocycles. The minimum Gasteiger partial charge on any atom is -0.316 e. The minimum atomic E-state index is -3.67. The Balaban J connectivity index is 0. The quantitative estimate of drug-likeness (QED) is 0.608. The summed E-state index contributed by atoms with van der Waals surface area (Å²) in [4.78, 5) is 0. The van der Waals surface area contributed by atoms with Crippen LogP contribution in [0.25, 0.3) is 0 Å². The summed E-state index contributed by atoms with van der Waals surface area (Å²) in [5.74, 6) is 0. The van der Waals surface area contributed by atoms with Crippen molar-refractivity contribution in [2.75, 3.05) is 6.26 Å². The van der Waals surface area contributed by atoms with E-state index in [0.29, 0.717) is 6.26 Å². The molecule has 72 valence electrons. The van der Waals surface area contributed by atoms with Gasteiger partial charge in [-0.05, 0) is 6.42 Å². The molecule has 0 aliphatic carbocycles. The first-order valence-corrected chi connectivity index (χ1v) is 5.23. The number of rotatable bonds is 2. The molecule has 5 nitrogen and oxygen atoms in total. The molecule has 0 amide bonds. The molecule has 0 fully saturated rings. The molecule has 0 saturated heterocycles. The van der Waals surface area contributed by atoms with Crippen LogP contribution >= 0.6 is 0 Å². The normalized spacial score (nSPS) is 12.2. The molecule has 0 aromatic rings. The molecule has 0 aliphatic rings. The van der Waals surface area contributed by atoms with Crippen molar-refractivity contribution in [3.05, 3.63) is 0 Å². The summed E-state index contributed by atoms with van der Waals surface area (Å²) < 4.78 is 25.9. The van der Waals surface area contributed by atoms with E-state index >= 15 is 0 Å². The second-order valence-corrected chi connectivity index (χ2v) is 3.72. The Bertz CT molecular complexity index is 222. The number of hydrogen-bond donors (Lipinski definition) is 2. The van der Waals surface area contributed by atoms with Crippen LogP contribution in [-0.4, -0.2) is 25.3 Å². The van der Waals surface area contributed by atoms with Gasteiger partial charge in [-0.3, -0.25) is 4.55 Å². The Morgan fingerprint density at radius 1 is 1.67 bits per heavy atom. The first-order chi connectivity index (χ1) is 5.31. The van der Waals surface area contributed by atoms with Gasteiger partial charge in [-0.25, -0.2) is 0 Å². The smallest absolute Gasteiger partial charge is 0.261 e. The van der Waals surface area contributed by atoms with Crippen LogP contribution in [0.5, 0.6) is 0 Å². The highest BCUT2D eigenvalue weighted by atomic mass is 32.2. The van der Waals surface area contributed by atoms with E-state index in [0.717, 1.165) is 12.8 Å². The second-order valence-electron chi connectivity index (χ2n) is 2.26. The van der Waals surface area contributed by atoms with Crippen molar-refractivity contribution >= 4 is 10.1 Å². The lowest BCUT2D eigenvalue weighted by molar-refractivity contribution is 0.490. The molecule has 0 bridgehead atoms. The van der Waals surface area contributed by atoms with Gasteiger partial charge in [0.05, 0.1) is 18.4 Å². The van der Waals surface area contributed by atoms with E-state index < -0.39 is 10.1 Å². The van der Waals surface area contributed by atoms with E-state index in [9.17, 15) is 8.42 Å². The first-order valence-electron chi connectivity index (χ1n) is 3.39. The lowest BCUT2D eigenvalue weighted by atomic mass is 10.2. The molecule has 1 atom stereocenters. The van der Waals surface area contributed by atoms with Crippen molar-refractivity contribution in [3.8, 4) is 6.07 Å². The van der Waals surface area contributed by atoms with Gasteiger partial charge in [-0.15, -0.1) is 0 Å². The number of nitrogens with zero attached hydrogens (tertiary/aromatic N) is 1. The van der Waals surface area contributed by atoms with Gasteiger partial charge < -0.3 is 5.73 Å². The fourth-order valence-corrected chi connectivity index (χ4v) is 0.376. The maximum absolute atomic E-state index is 9.19. The van der Waals surface area contributed by atoms with Crippen LogP contribution < -0.4 is 5.73 Å². The van der Waals surface area contributed by atoms with Crippen molar-refractivity contribution in [3.63, 3.8) is 0 Å². The van der Waals surface area contributed by atoms with E-state index in [4.69, 9.17) is 15.5 Å². The predicted octanol–water partition coefficient (Wildman–Crippen LogP) is 0.141. The van der Waals surface area contributed by atoms with Crippen LogP contribution in [0.1, 0.15) is 19.8 Å². The summed E-state index contributed by atoms with van der Waals surface area (Å²) in [5, 5.41) is 8.09. The summed E-state index contributed by atoms with van der Waals surface area (Å²) in [6.45, 7) is 2.01. The van der Waals surface area contributed by atoms with Crippen LogP contribution in [0.15, 0.2) is 0 Å². The molecule has 0 rings (SSSR count). The predicted molar refractivity (Wildman–Crippen MR) is 46.0 cm³/mol. The van der Waals surface area contributed by atoms with Gasteiger partial charge in [0.1, 0.15) is 0 Å². The van der Waals surface area contributed by atoms with Crippen molar-refractivity contribution in [2.24, 2.45) is 5.73 Å². The van der Waals surface area contributed by atoms with Gasteiger partial charge >= 0.3 is 0 Å². The van der Waals surface area contributed by atoms with E-state index in [1.54, 1.807) is 0 Å². The molecular weight excluding hydrogens is 180 g/mol. The third-order valence-corrected chi connectivity index (χ3v) is 0.766. The van der Waals surface area contributed by atoms with Crippen LogP contribution in [-0.2, 0) is 10.1 Å². The molecule has 0 unspecified atom stereocenters. The van der Waals surface area contributed by atoms with Crippen molar-refractivity contribution in [1.82, 2.24) is 0 Å².